The van der Waals surface area contributed by atoms with Crippen molar-refractivity contribution in [1.29, 1.82) is 0 Å². The minimum atomic E-state index is -0.786. The Morgan fingerprint density at radius 3 is 2.71 bits per heavy atom. The molecule has 0 saturated carbocycles. The van der Waals surface area contributed by atoms with E-state index in [2.05, 4.69) is 33.2 Å². The van der Waals surface area contributed by atoms with Crippen molar-refractivity contribution in [3.05, 3.63) is 33.4 Å². The van der Waals surface area contributed by atoms with Gasteiger partial charge in [0, 0.05) is 16.4 Å². The second-order valence-corrected chi connectivity index (χ2v) is 6.08. The minimum Gasteiger partial charge on any atom is -0.368 e. The first kappa shape index (κ1) is 15.7. The van der Waals surface area contributed by atoms with Gasteiger partial charge in [-0.15, -0.1) is 0 Å². The molecule has 0 bridgehead atoms. The molecule has 1 heterocycles. The summed E-state index contributed by atoms with van der Waals surface area (Å²) in [5.74, 6) is -1.11. The number of carbonyl (C=O) groups is 3. The Bertz CT molecular complexity index is 576. The number of amides is 3. The van der Waals surface area contributed by atoms with E-state index in [1.54, 1.807) is 0 Å². The van der Waals surface area contributed by atoms with E-state index in [1.807, 2.05) is 24.3 Å². The van der Waals surface area contributed by atoms with Crippen LogP contribution in [0.2, 0.25) is 0 Å². The van der Waals surface area contributed by atoms with Crippen LogP contribution < -0.4 is 16.4 Å². The van der Waals surface area contributed by atoms with Crippen LogP contribution in [0.5, 0.6) is 0 Å². The largest absolute Gasteiger partial charge is 0.368 e. The van der Waals surface area contributed by atoms with Crippen molar-refractivity contribution in [2.24, 2.45) is 5.73 Å². The number of nitrogens with two attached hydrogens (primary N) is 1. The van der Waals surface area contributed by atoms with Crippen LogP contribution in [0, 0.1) is 3.57 Å². The quantitative estimate of drug-likeness (QED) is 0.610. The molecule has 1 aromatic carbocycles. The Hall–Kier alpha value is -1.64. The van der Waals surface area contributed by atoms with Crippen molar-refractivity contribution in [2.75, 3.05) is 0 Å². The highest BCUT2D eigenvalue weighted by molar-refractivity contribution is 14.1. The van der Waals surface area contributed by atoms with Crippen LogP contribution in [0.4, 0.5) is 0 Å². The van der Waals surface area contributed by atoms with E-state index in [-0.39, 0.29) is 11.8 Å². The summed E-state index contributed by atoms with van der Waals surface area (Å²) in [6.45, 7) is 0. The summed E-state index contributed by atoms with van der Waals surface area (Å²) in [6, 6.07) is 6.22. The van der Waals surface area contributed by atoms with Crippen molar-refractivity contribution in [3.63, 3.8) is 0 Å². The summed E-state index contributed by atoms with van der Waals surface area (Å²) in [7, 11) is 0. The van der Waals surface area contributed by atoms with Crippen molar-refractivity contribution in [3.8, 4) is 0 Å². The monoisotopic (exact) mass is 401 g/mol. The highest BCUT2D eigenvalue weighted by atomic mass is 127. The van der Waals surface area contributed by atoms with Gasteiger partial charge in [-0.25, -0.2) is 0 Å². The molecule has 0 spiro atoms. The number of rotatable bonds is 5. The minimum absolute atomic E-state index is 0.150. The Balaban J connectivity index is 2.03. The fraction of sp³-hybridized carbons (Fsp3) is 0.357. The molecule has 0 aromatic heterocycles. The molecule has 4 N–H and O–H groups in total. The average Bonchev–Trinajstić information content (AvgIpc) is 2.87. The lowest BCUT2D eigenvalue weighted by atomic mass is 10.0. The molecule has 6 nitrogen and oxygen atoms in total. The highest BCUT2D eigenvalue weighted by Crippen LogP contribution is 2.14. The normalized spacial score (nSPS) is 18.9. The first-order valence-electron chi connectivity index (χ1n) is 6.60. The van der Waals surface area contributed by atoms with Gasteiger partial charge in [0.05, 0.1) is 0 Å². The van der Waals surface area contributed by atoms with Crippen molar-refractivity contribution in [1.82, 2.24) is 10.6 Å². The third-order valence-electron chi connectivity index (χ3n) is 3.35. The van der Waals surface area contributed by atoms with Crippen LogP contribution in [0.3, 0.4) is 0 Å². The van der Waals surface area contributed by atoms with E-state index in [0.717, 1.165) is 9.13 Å². The molecule has 0 radical (unpaired) electrons. The van der Waals surface area contributed by atoms with E-state index < -0.39 is 18.0 Å². The van der Waals surface area contributed by atoms with Crippen LogP contribution in [0.15, 0.2) is 24.3 Å². The SMILES string of the molecule is NC(=O)[C@H](Cc1ccccc1I)NC(=O)[C@H]1CCC(=O)N1. The Morgan fingerprint density at radius 2 is 2.14 bits per heavy atom. The summed E-state index contributed by atoms with van der Waals surface area (Å²) in [5.41, 5.74) is 6.31. The van der Waals surface area contributed by atoms with Gasteiger partial charge in [0.1, 0.15) is 12.1 Å². The molecular weight excluding hydrogens is 385 g/mol. The molecule has 21 heavy (non-hydrogen) atoms. The van der Waals surface area contributed by atoms with Crippen LogP contribution >= 0.6 is 22.6 Å². The molecule has 2 atom stereocenters. The summed E-state index contributed by atoms with van der Waals surface area (Å²) in [6.07, 6.45) is 1.11. The lowest BCUT2D eigenvalue weighted by Gasteiger charge is -2.18. The number of primary amides is 1. The molecule has 3 amide bonds. The van der Waals surface area contributed by atoms with E-state index in [0.29, 0.717) is 19.3 Å². The maximum atomic E-state index is 12.0. The fourth-order valence-corrected chi connectivity index (χ4v) is 2.80. The van der Waals surface area contributed by atoms with E-state index in [1.165, 1.54) is 0 Å². The van der Waals surface area contributed by atoms with E-state index in [4.69, 9.17) is 5.73 Å². The summed E-state index contributed by atoms with van der Waals surface area (Å²) in [4.78, 5) is 34.7. The Kier molecular flexibility index (Phi) is 5.16. The second-order valence-electron chi connectivity index (χ2n) is 4.92. The maximum absolute atomic E-state index is 12.0. The molecule has 0 unspecified atom stereocenters. The Labute approximate surface area is 136 Å². The van der Waals surface area contributed by atoms with Gasteiger partial charge in [-0.1, -0.05) is 18.2 Å². The molecule has 1 aliphatic heterocycles. The van der Waals surface area contributed by atoms with Crippen molar-refractivity contribution in [2.45, 2.75) is 31.3 Å². The molecule has 1 aliphatic rings. The molecule has 2 rings (SSSR count). The van der Waals surface area contributed by atoms with Crippen LogP contribution in [-0.4, -0.2) is 29.8 Å². The van der Waals surface area contributed by atoms with Gasteiger partial charge in [-0.05, 0) is 40.6 Å². The third kappa shape index (κ3) is 4.16. The zero-order chi connectivity index (χ0) is 15.4. The van der Waals surface area contributed by atoms with Gasteiger partial charge in [0.15, 0.2) is 0 Å². The molecule has 112 valence electrons. The molecule has 1 saturated heterocycles. The van der Waals surface area contributed by atoms with Crippen LogP contribution in [0.1, 0.15) is 18.4 Å². The fourth-order valence-electron chi connectivity index (χ4n) is 2.19. The smallest absolute Gasteiger partial charge is 0.243 e. The van der Waals surface area contributed by atoms with Crippen molar-refractivity contribution < 1.29 is 14.4 Å². The van der Waals surface area contributed by atoms with E-state index in [9.17, 15) is 14.4 Å². The third-order valence-corrected chi connectivity index (χ3v) is 4.41. The van der Waals surface area contributed by atoms with Gasteiger partial charge in [0.25, 0.3) is 0 Å². The lowest BCUT2D eigenvalue weighted by Crippen LogP contribution is -2.51. The number of halogens is 1. The lowest BCUT2D eigenvalue weighted by molar-refractivity contribution is -0.129. The molecule has 1 fully saturated rings. The summed E-state index contributed by atoms with van der Waals surface area (Å²) < 4.78 is 1.00. The van der Waals surface area contributed by atoms with Gasteiger partial charge in [-0.2, -0.15) is 0 Å². The van der Waals surface area contributed by atoms with Gasteiger partial charge in [-0.3, -0.25) is 14.4 Å². The average molecular weight is 401 g/mol. The zero-order valence-electron chi connectivity index (χ0n) is 11.3. The van der Waals surface area contributed by atoms with Gasteiger partial charge < -0.3 is 16.4 Å². The first-order chi connectivity index (χ1) is 9.97. The molecular formula is C14H16IN3O3. The summed E-state index contributed by atoms with van der Waals surface area (Å²) >= 11 is 2.17. The Morgan fingerprint density at radius 1 is 1.43 bits per heavy atom. The van der Waals surface area contributed by atoms with Gasteiger partial charge in [0.2, 0.25) is 17.7 Å². The highest BCUT2D eigenvalue weighted by Gasteiger charge is 2.30. The molecule has 0 aliphatic carbocycles. The van der Waals surface area contributed by atoms with Crippen molar-refractivity contribution >= 4 is 40.3 Å². The maximum Gasteiger partial charge on any atom is 0.243 e. The first-order valence-corrected chi connectivity index (χ1v) is 7.67. The van der Waals surface area contributed by atoms with Crippen LogP contribution in [0.25, 0.3) is 0 Å². The predicted octanol–water partition coefficient (Wildman–Crippen LogP) is 0.0824. The second kappa shape index (κ2) is 6.88. The predicted molar refractivity (Wildman–Crippen MR) is 85.2 cm³/mol. The molecule has 1 aromatic rings. The zero-order valence-corrected chi connectivity index (χ0v) is 13.4. The number of nitrogens with one attached hydrogen (secondary N) is 2. The number of hydrogen-bond donors (Lipinski definition) is 3. The summed E-state index contributed by atoms with van der Waals surface area (Å²) in [5, 5.41) is 5.19. The van der Waals surface area contributed by atoms with Gasteiger partial charge >= 0.3 is 0 Å². The standard InChI is InChI=1S/C14H16IN3O3/c15-9-4-2-1-3-8(9)7-11(13(16)20)18-14(21)10-5-6-12(19)17-10/h1-4,10-11H,5-7H2,(H2,16,20)(H,17,19)(H,18,21)/t10-,11+/m1/s1. The topological polar surface area (TPSA) is 101 Å². The number of carbonyl (C=O) groups excluding carboxylic acids is 3. The molecule has 7 heteroatoms. The number of benzene rings is 1. The van der Waals surface area contributed by atoms with Crippen LogP contribution in [-0.2, 0) is 20.8 Å². The number of hydrogen-bond acceptors (Lipinski definition) is 3. The van der Waals surface area contributed by atoms with E-state index >= 15 is 0 Å².